The standard InChI is InChI=1S/C22H28N2O6S2/c1-5-13(3)19(21(27)28)23-18(25)9-10-24-20(26)17(32-22(24)31)12-14-7-8-15(30-6-2)16(11-14)29-4/h7-8,11-13,19H,5-6,9-10H2,1-4H3,(H,23,25)(H,27,28)/b17-12+. The second-order valence-electron chi connectivity index (χ2n) is 7.20. The number of nitrogens with zero attached hydrogens (tertiary/aromatic N) is 1. The summed E-state index contributed by atoms with van der Waals surface area (Å²) in [6.07, 6.45) is 2.28. The average Bonchev–Trinajstić information content (AvgIpc) is 3.03. The molecule has 2 amide bonds. The number of carboxylic acids is 1. The lowest BCUT2D eigenvalue weighted by atomic mass is 9.99. The van der Waals surface area contributed by atoms with Crippen molar-refractivity contribution in [1.29, 1.82) is 0 Å². The molecule has 0 saturated carbocycles. The van der Waals surface area contributed by atoms with E-state index in [1.54, 1.807) is 32.2 Å². The van der Waals surface area contributed by atoms with Crippen molar-refractivity contribution in [2.75, 3.05) is 20.3 Å². The molecular formula is C22H28N2O6S2. The smallest absolute Gasteiger partial charge is 0.326 e. The lowest BCUT2D eigenvalue weighted by Gasteiger charge is -2.21. The highest BCUT2D eigenvalue weighted by Crippen LogP contribution is 2.34. The SMILES string of the molecule is CCOc1ccc(/C=C2/SC(=S)N(CCC(=O)NC(C(=O)O)C(C)CC)C2=O)cc1OC. The molecule has 2 N–H and O–H groups in total. The number of hydrogen-bond donors (Lipinski definition) is 2. The first-order valence-electron chi connectivity index (χ1n) is 10.3. The number of carbonyl (C=O) groups is 3. The number of thioether (sulfide) groups is 1. The predicted molar refractivity (Wildman–Crippen MR) is 128 cm³/mol. The highest BCUT2D eigenvalue weighted by Gasteiger charge is 2.33. The number of benzene rings is 1. The number of thiocarbonyl (C=S) groups is 1. The number of aliphatic carboxylic acids is 1. The van der Waals surface area contributed by atoms with Crippen LogP contribution < -0.4 is 14.8 Å². The first-order valence-corrected chi connectivity index (χ1v) is 11.5. The lowest BCUT2D eigenvalue weighted by Crippen LogP contribution is -2.46. The zero-order valence-corrected chi connectivity index (χ0v) is 20.2. The number of carbonyl (C=O) groups excluding carboxylic acids is 2. The quantitative estimate of drug-likeness (QED) is 0.367. The molecule has 10 heteroatoms. The summed E-state index contributed by atoms with van der Waals surface area (Å²) in [6, 6.07) is 4.39. The minimum absolute atomic E-state index is 0.0448. The molecule has 1 heterocycles. The lowest BCUT2D eigenvalue weighted by molar-refractivity contribution is -0.143. The fourth-order valence-electron chi connectivity index (χ4n) is 3.03. The van der Waals surface area contributed by atoms with E-state index in [0.29, 0.717) is 33.8 Å². The molecule has 0 aliphatic carbocycles. The van der Waals surface area contributed by atoms with Gasteiger partial charge in [0.15, 0.2) is 11.5 Å². The highest BCUT2D eigenvalue weighted by atomic mass is 32.2. The van der Waals surface area contributed by atoms with Gasteiger partial charge in [0.2, 0.25) is 5.91 Å². The molecule has 2 atom stereocenters. The van der Waals surface area contributed by atoms with E-state index in [4.69, 9.17) is 21.7 Å². The third kappa shape index (κ3) is 6.46. The number of rotatable bonds is 11. The van der Waals surface area contributed by atoms with Gasteiger partial charge in [0.25, 0.3) is 5.91 Å². The molecule has 0 aromatic heterocycles. The van der Waals surface area contributed by atoms with Gasteiger partial charge in [0, 0.05) is 13.0 Å². The van der Waals surface area contributed by atoms with Crippen molar-refractivity contribution in [3.8, 4) is 11.5 Å². The van der Waals surface area contributed by atoms with Crippen LogP contribution in [0.5, 0.6) is 11.5 Å². The monoisotopic (exact) mass is 480 g/mol. The maximum absolute atomic E-state index is 12.8. The first-order chi connectivity index (χ1) is 15.2. The Labute approximate surface area is 197 Å². The zero-order valence-electron chi connectivity index (χ0n) is 18.5. The minimum atomic E-state index is -1.08. The average molecular weight is 481 g/mol. The van der Waals surface area contributed by atoms with Gasteiger partial charge in [-0.15, -0.1) is 0 Å². The third-order valence-corrected chi connectivity index (χ3v) is 6.39. The fraction of sp³-hybridized carbons (Fsp3) is 0.455. The van der Waals surface area contributed by atoms with Crippen LogP contribution in [0.2, 0.25) is 0 Å². The Morgan fingerprint density at radius 2 is 2.03 bits per heavy atom. The number of hydrogen-bond acceptors (Lipinski definition) is 7. The van der Waals surface area contributed by atoms with Crippen LogP contribution in [0.4, 0.5) is 0 Å². The van der Waals surface area contributed by atoms with E-state index in [0.717, 1.165) is 17.3 Å². The minimum Gasteiger partial charge on any atom is -0.493 e. The molecule has 1 aliphatic rings. The molecule has 174 valence electrons. The van der Waals surface area contributed by atoms with Crippen LogP contribution in [0, 0.1) is 5.92 Å². The molecule has 1 saturated heterocycles. The summed E-state index contributed by atoms with van der Waals surface area (Å²) in [5.41, 5.74) is 0.751. The van der Waals surface area contributed by atoms with Crippen molar-refractivity contribution in [2.24, 2.45) is 5.92 Å². The van der Waals surface area contributed by atoms with E-state index < -0.39 is 17.9 Å². The predicted octanol–water partition coefficient (Wildman–Crippen LogP) is 3.30. The summed E-state index contributed by atoms with van der Waals surface area (Å²) in [7, 11) is 1.54. The van der Waals surface area contributed by atoms with E-state index in [1.165, 1.54) is 4.90 Å². The molecule has 1 fully saturated rings. The van der Waals surface area contributed by atoms with Gasteiger partial charge in [0.1, 0.15) is 10.4 Å². The van der Waals surface area contributed by atoms with Gasteiger partial charge in [-0.2, -0.15) is 0 Å². The molecule has 1 aromatic carbocycles. The number of ether oxygens (including phenoxy) is 2. The topological polar surface area (TPSA) is 105 Å². The summed E-state index contributed by atoms with van der Waals surface area (Å²) in [5.74, 6) is -0.844. The Balaban J connectivity index is 2.05. The van der Waals surface area contributed by atoms with Crippen molar-refractivity contribution in [3.63, 3.8) is 0 Å². The fourth-order valence-corrected chi connectivity index (χ4v) is 4.34. The third-order valence-electron chi connectivity index (χ3n) is 5.02. The van der Waals surface area contributed by atoms with Gasteiger partial charge < -0.3 is 19.9 Å². The van der Waals surface area contributed by atoms with Crippen molar-refractivity contribution in [3.05, 3.63) is 28.7 Å². The number of methoxy groups -OCH3 is 1. The second kappa shape index (κ2) is 11.9. The van der Waals surface area contributed by atoms with Gasteiger partial charge in [-0.3, -0.25) is 14.5 Å². The first kappa shape index (κ1) is 25.7. The Hall–Kier alpha value is -2.59. The Kier molecular flexibility index (Phi) is 9.52. The van der Waals surface area contributed by atoms with E-state index in [9.17, 15) is 19.5 Å². The van der Waals surface area contributed by atoms with Crippen molar-refractivity contribution >= 4 is 52.2 Å². The van der Waals surface area contributed by atoms with Crippen LogP contribution in [-0.4, -0.2) is 58.4 Å². The van der Waals surface area contributed by atoms with Crippen LogP contribution in [0.3, 0.4) is 0 Å². The van der Waals surface area contributed by atoms with Crippen LogP contribution in [0.15, 0.2) is 23.1 Å². The van der Waals surface area contributed by atoms with E-state index in [1.807, 2.05) is 19.9 Å². The largest absolute Gasteiger partial charge is 0.493 e. The summed E-state index contributed by atoms with van der Waals surface area (Å²) < 4.78 is 11.2. The number of carboxylic acid groups (broad SMARTS) is 1. The highest BCUT2D eigenvalue weighted by molar-refractivity contribution is 8.26. The van der Waals surface area contributed by atoms with Crippen molar-refractivity contribution in [2.45, 2.75) is 39.7 Å². The number of nitrogens with one attached hydrogen (secondary N) is 1. The summed E-state index contributed by atoms with van der Waals surface area (Å²) in [4.78, 5) is 38.3. The van der Waals surface area contributed by atoms with Gasteiger partial charge in [0.05, 0.1) is 18.6 Å². The van der Waals surface area contributed by atoms with Crippen molar-refractivity contribution in [1.82, 2.24) is 10.2 Å². The van der Waals surface area contributed by atoms with Crippen molar-refractivity contribution < 1.29 is 29.0 Å². The molecule has 8 nitrogen and oxygen atoms in total. The van der Waals surface area contributed by atoms with E-state index in [2.05, 4.69) is 5.32 Å². The maximum atomic E-state index is 12.8. The summed E-state index contributed by atoms with van der Waals surface area (Å²) in [6.45, 7) is 6.09. The van der Waals surface area contributed by atoms with E-state index >= 15 is 0 Å². The molecular weight excluding hydrogens is 452 g/mol. The Bertz CT molecular complexity index is 918. The molecule has 2 rings (SSSR count). The van der Waals surface area contributed by atoms with Crippen LogP contribution in [-0.2, 0) is 14.4 Å². The molecule has 0 bridgehead atoms. The Morgan fingerprint density at radius 3 is 2.62 bits per heavy atom. The summed E-state index contributed by atoms with van der Waals surface area (Å²) in [5, 5.41) is 11.9. The van der Waals surface area contributed by atoms with Crippen LogP contribution in [0.1, 0.15) is 39.2 Å². The summed E-state index contributed by atoms with van der Waals surface area (Å²) >= 11 is 6.47. The van der Waals surface area contributed by atoms with Gasteiger partial charge in [-0.1, -0.05) is 50.3 Å². The number of amides is 2. The molecule has 0 radical (unpaired) electrons. The normalized spacial score (nSPS) is 16.8. The van der Waals surface area contributed by atoms with Gasteiger partial charge >= 0.3 is 5.97 Å². The molecule has 0 spiro atoms. The maximum Gasteiger partial charge on any atom is 0.326 e. The van der Waals surface area contributed by atoms with Gasteiger partial charge in [-0.25, -0.2) is 4.79 Å². The van der Waals surface area contributed by atoms with Crippen LogP contribution >= 0.6 is 24.0 Å². The van der Waals surface area contributed by atoms with Gasteiger partial charge in [-0.05, 0) is 36.6 Å². The zero-order chi connectivity index (χ0) is 23.8. The molecule has 1 aromatic rings. The molecule has 32 heavy (non-hydrogen) atoms. The Morgan fingerprint density at radius 1 is 1.31 bits per heavy atom. The molecule has 1 aliphatic heterocycles. The van der Waals surface area contributed by atoms with E-state index in [-0.39, 0.29) is 24.8 Å². The van der Waals surface area contributed by atoms with Crippen LogP contribution in [0.25, 0.3) is 6.08 Å². The second-order valence-corrected chi connectivity index (χ2v) is 8.87. The molecule has 2 unspecified atom stereocenters.